The largest absolute Gasteiger partial charge is 0.506 e. The molecule has 0 atom stereocenters. The van der Waals surface area contributed by atoms with Crippen molar-refractivity contribution < 1.29 is 22.7 Å². The number of anilines is 2. The smallest absolute Gasteiger partial charge is 0.234 e. The van der Waals surface area contributed by atoms with Gasteiger partial charge in [0.25, 0.3) is 0 Å². The predicted octanol–water partition coefficient (Wildman–Crippen LogP) is 3.15. The third kappa shape index (κ3) is 6.23. The van der Waals surface area contributed by atoms with E-state index in [4.69, 9.17) is 0 Å². The molecule has 12 heteroatoms. The van der Waals surface area contributed by atoms with E-state index < -0.39 is 15.8 Å². The summed E-state index contributed by atoms with van der Waals surface area (Å²) < 4.78 is 40.8. The lowest BCUT2D eigenvalue weighted by atomic mass is 10.2. The average molecular weight is 494 g/mol. The molecule has 0 aliphatic carbocycles. The first-order valence-electron chi connectivity index (χ1n) is 9.96. The van der Waals surface area contributed by atoms with Gasteiger partial charge < -0.3 is 15.0 Å². The summed E-state index contributed by atoms with van der Waals surface area (Å²) in [5.41, 5.74) is 1.51. The molecule has 2 aromatic carbocycles. The number of nitrogens with zero attached hydrogens (tertiary/aromatic N) is 4. The van der Waals surface area contributed by atoms with Gasteiger partial charge in [-0.05, 0) is 55.8 Å². The van der Waals surface area contributed by atoms with Crippen molar-refractivity contribution in [2.75, 3.05) is 21.6 Å². The summed E-state index contributed by atoms with van der Waals surface area (Å²) in [5.74, 6) is -0.442. The number of phenolic OH excluding ortho intramolecular Hbond substituents is 1. The van der Waals surface area contributed by atoms with E-state index in [0.717, 1.165) is 27.9 Å². The summed E-state index contributed by atoms with van der Waals surface area (Å²) in [7, 11) is -3.68. The molecule has 0 aliphatic heterocycles. The van der Waals surface area contributed by atoms with E-state index in [0.29, 0.717) is 28.9 Å². The number of phenols is 1. The van der Waals surface area contributed by atoms with Gasteiger partial charge in [0.05, 0.1) is 29.9 Å². The van der Waals surface area contributed by atoms with Crippen molar-refractivity contribution in [1.29, 1.82) is 0 Å². The van der Waals surface area contributed by atoms with Crippen molar-refractivity contribution in [3.63, 3.8) is 0 Å². The maximum atomic E-state index is 13.3. The molecule has 176 valence electrons. The summed E-state index contributed by atoms with van der Waals surface area (Å²) in [4.78, 5) is 12.4. The lowest BCUT2D eigenvalue weighted by Gasteiger charge is -2.22. The number of carbonyl (C=O) groups is 1. The molecule has 1 amide bonds. The topological polar surface area (TPSA) is 117 Å². The zero-order valence-corrected chi connectivity index (χ0v) is 20.0. The van der Waals surface area contributed by atoms with Gasteiger partial charge in [0.1, 0.15) is 11.6 Å². The number of rotatable bonds is 9. The second-order valence-corrected chi connectivity index (χ2v) is 10.1. The zero-order chi connectivity index (χ0) is 24.2. The van der Waals surface area contributed by atoms with E-state index in [2.05, 4.69) is 15.5 Å². The molecule has 0 aliphatic rings. The van der Waals surface area contributed by atoms with Crippen LogP contribution in [0.5, 0.6) is 5.75 Å². The van der Waals surface area contributed by atoms with Crippen LogP contribution in [0.2, 0.25) is 0 Å². The molecule has 9 nitrogen and oxygen atoms in total. The fraction of sp³-hybridized carbons (Fsp3) is 0.286. The first kappa shape index (κ1) is 24.5. The van der Waals surface area contributed by atoms with Crippen LogP contribution in [0, 0.1) is 12.7 Å². The minimum Gasteiger partial charge on any atom is -0.506 e. The number of halogens is 1. The molecule has 0 saturated carbocycles. The van der Waals surface area contributed by atoms with E-state index in [1.807, 2.05) is 13.8 Å². The maximum Gasteiger partial charge on any atom is 0.234 e. The second-order valence-electron chi connectivity index (χ2n) is 7.25. The first-order valence-corrected chi connectivity index (χ1v) is 12.8. The Morgan fingerprint density at radius 2 is 1.91 bits per heavy atom. The Bertz CT molecular complexity index is 1250. The molecular formula is C21H24FN5O4S2. The van der Waals surface area contributed by atoms with E-state index in [1.165, 1.54) is 30.3 Å². The molecule has 0 bridgehead atoms. The third-order valence-corrected chi connectivity index (χ3v) is 6.78. The fourth-order valence-electron chi connectivity index (χ4n) is 3.06. The van der Waals surface area contributed by atoms with Gasteiger partial charge >= 0.3 is 0 Å². The number of thioether (sulfide) groups is 1. The molecular weight excluding hydrogens is 469 g/mol. The fourth-order valence-corrected chi connectivity index (χ4v) is 4.74. The summed E-state index contributed by atoms with van der Waals surface area (Å²) in [6.07, 6.45) is 1.06. The molecule has 2 N–H and O–H groups in total. The molecule has 0 unspecified atom stereocenters. The molecule has 3 rings (SSSR count). The van der Waals surface area contributed by atoms with Crippen molar-refractivity contribution >= 4 is 39.1 Å². The summed E-state index contributed by atoms with van der Waals surface area (Å²) in [5, 5.41) is 21.2. The molecule has 1 aromatic heterocycles. The Balaban J connectivity index is 1.74. The Morgan fingerprint density at radius 1 is 1.21 bits per heavy atom. The number of amides is 1. The zero-order valence-electron chi connectivity index (χ0n) is 18.3. The highest BCUT2D eigenvalue weighted by Crippen LogP contribution is 2.26. The van der Waals surface area contributed by atoms with Gasteiger partial charge in [0.15, 0.2) is 11.0 Å². The number of aromatic nitrogens is 3. The van der Waals surface area contributed by atoms with Gasteiger partial charge in [-0.15, -0.1) is 10.2 Å². The number of hydrogen-bond donors (Lipinski definition) is 2. The number of benzene rings is 2. The Kier molecular flexibility index (Phi) is 7.59. The van der Waals surface area contributed by atoms with E-state index in [-0.39, 0.29) is 24.0 Å². The number of nitrogens with one attached hydrogen (secondary N) is 1. The Labute approximate surface area is 195 Å². The van der Waals surface area contributed by atoms with Crippen molar-refractivity contribution in [2.24, 2.45) is 0 Å². The normalized spacial score (nSPS) is 11.4. The van der Waals surface area contributed by atoms with Crippen LogP contribution >= 0.6 is 11.8 Å². The Morgan fingerprint density at radius 3 is 2.55 bits per heavy atom. The second kappa shape index (κ2) is 10.2. The van der Waals surface area contributed by atoms with E-state index in [1.54, 1.807) is 16.7 Å². The van der Waals surface area contributed by atoms with Gasteiger partial charge in [0.2, 0.25) is 15.9 Å². The third-order valence-electron chi connectivity index (χ3n) is 4.67. The van der Waals surface area contributed by atoms with Crippen LogP contribution in [0.1, 0.15) is 18.3 Å². The lowest BCUT2D eigenvalue weighted by molar-refractivity contribution is -0.113. The molecule has 1 heterocycles. The van der Waals surface area contributed by atoms with Crippen LogP contribution in [0.15, 0.2) is 47.6 Å². The van der Waals surface area contributed by atoms with Crippen LogP contribution in [-0.2, 0) is 27.9 Å². The highest BCUT2D eigenvalue weighted by atomic mass is 32.2. The SMILES string of the molecule is CCn1c(CN(c2ccc(F)cc2)S(C)(=O)=O)nnc1SCC(=O)Nc1cc(C)ccc1O. The maximum absolute atomic E-state index is 13.3. The van der Waals surface area contributed by atoms with E-state index in [9.17, 15) is 22.7 Å². The monoisotopic (exact) mass is 493 g/mol. The minimum absolute atomic E-state index is 0.0132. The van der Waals surface area contributed by atoms with Crippen molar-refractivity contribution in [3.8, 4) is 5.75 Å². The number of hydrogen-bond acceptors (Lipinski definition) is 7. The quantitative estimate of drug-likeness (QED) is 0.347. The first-order chi connectivity index (χ1) is 15.6. The van der Waals surface area contributed by atoms with Crippen LogP contribution in [-0.4, -0.2) is 46.2 Å². The van der Waals surface area contributed by atoms with Crippen molar-refractivity contribution in [2.45, 2.75) is 32.1 Å². The molecule has 0 saturated heterocycles. The van der Waals surface area contributed by atoms with Gasteiger partial charge in [0, 0.05) is 6.54 Å². The molecule has 33 heavy (non-hydrogen) atoms. The number of aromatic hydroxyl groups is 1. The summed E-state index contributed by atoms with van der Waals surface area (Å²) >= 11 is 1.14. The summed E-state index contributed by atoms with van der Waals surface area (Å²) in [6, 6.07) is 10.0. The van der Waals surface area contributed by atoms with Gasteiger partial charge in [-0.25, -0.2) is 12.8 Å². The molecule has 0 fully saturated rings. The predicted molar refractivity (Wildman–Crippen MR) is 125 cm³/mol. The number of sulfonamides is 1. The average Bonchev–Trinajstić information content (AvgIpc) is 3.14. The molecule has 0 radical (unpaired) electrons. The van der Waals surface area contributed by atoms with Crippen LogP contribution < -0.4 is 9.62 Å². The summed E-state index contributed by atoms with van der Waals surface area (Å²) in [6.45, 7) is 4.05. The van der Waals surface area contributed by atoms with E-state index >= 15 is 0 Å². The standard InChI is InChI=1S/C21H24FN5O4S2/c1-4-26-19(12-27(33(3,30)31)16-8-6-15(22)7-9-16)24-25-21(26)32-13-20(29)23-17-11-14(2)5-10-18(17)28/h5-11,28H,4,12-13H2,1-3H3,(H,23,29). The van der Waals surface area contributed by atoms with Gasteiger partial charge in [-0.2, -0.15) is 0 Å². The lowest BCUT2D eigenvalue weighted by Crippen LogP contribution is -2.30. The molecule has 3 aromatic rings. The Hall–Kier alpha value is -3.12. The minimum atomic E-state index is -3.68. The van der Waals surface area contributed by atoms with Crippen molar-refractivity contribution in [1.82, 2.24) is 14.8 Å². The highest BCUT2D eigenvalue weighted by molar-refractivity contribution is 7.99. The van der Waals surface area contributed by atoms with Gasteiger partial charge in [-0.3, -0.25) is 9.10 Å². The molecule has 0 spiro atoms. The van der Waals surface area contributed by atoms with Gasteiger partial charge in [-0.1, -0.05) is 17.8 Å². The highest BCUT2D eigenvalue weighted by Gasteiger charge is 2.22. The number of aryl methyl sites for hydroxylation is 1. The number of carbonyl (C=O) groups excluding carboxylic acids is 1. The van der Waals surface area contributed by atoms with Crippen LogP contribution in [0.25, 0.3) is 0 Å². The van der Waals surface area contributed by atoms with Crippen LogP contribution in [0.3, 0.4) is 0 Å². The van der Waals surface area contributed by atoms with Crippen LogP contribution in [0.4, 0.5) is 15.8 Å². The van der Waals surface area contributed by atoms with Crippen molar-refractivity contribution in [3.05, 3.63) is 59.7 Å².